The monoisotopic (exact) mass is 717 g/mol. The standard InChI is InChI=1S/C53H35NO2/c1-53(2)47-15-9-8-14-41(47)42-23-22-40(31-48(42)53)54(38-19-16-33(17-20-38)32-10-4-3-5-11-32)39-21-18-36-30-50-46(28-37(36)26-39)44-25-24-43-45-27-34-12-6-7-13-35(34)29-49(45)55-51(43)52(44)56-50/h3-31H,1-2H3. The first-order valence-corrected chi connectivity index (χ1v) is 19.3. The molecule has 264 valence electrons. The van der Waals surface area contributed by atoms with Crippen molar-refractivity contribution in [3.05, 3.63) is 187 Å². The summed E-state index contributed by atoms with van der Waals surface area (Å²) in [5, 5.41) is 8.93. The van der Waals surface area contributed by atoms with Crippen molar-refractivity contribution in [2.45, 2.75) is 19.3 Å². The van der Waals surface area contributed by atoms with Crippen molar-refractivity contribution in [1.82, 2.24) is 0 Å². The summed E-state index contributed by atoms with van der Waals surface area (Å²) >= 11 is 0. The van der Waals surface area contributed by atoms with Gasteiger partial charge in [-0.15, -0.1) is 0 Å². The minimum absolute atomic E-state index is 0.110. The van der Waals surface area contributed by atoms with Gasteiger partial charge >= 0.3 is 0 Å². The van der Waals surface area contributed by atoms with E-state index in [2.05, 4.69) is 195 Å². The zero-order chi connectivity index (χ0) is 37.1. The number of fused-ring (bicyclic) bond motifs is 12. The lowest BCUT2D eigenvalue weighted by Crippen LogP contribution is -2.16. The van der Waals surface area contributed by atoms with Crippen LogP contribution in [0.1, 0.15) is 25.0 Å². The molecule has 9 aromatic carbocycles. The van der Waals surface area contributed by atoms with Crippen LogP contribution in [0.15, 0.2) is 185 Å². The summed E-state index contributed by atoms with van der Waals surface area (Å²) in [7, 11) is 0. The maximum Gasteiger partial charge on any atom is 0.178 e. The van der Waals surface area contributed by atoms with Crippen molar-refractivity contribution >= 4 is 82.5 Å². The molecule has 2 heterocycles. The molecule has 2 aromatic heterocycles. The first-order chi connectivity index (χ1) is 27.5. The van der Waals surface area contributed by atoms with Crippen LogP contribution in [-0.4, -0.2) is 0 Å². The van der Waals surface area contributed by atoms with Crippen LogP contribution in [0.5, 0.6) is 0 Å². The number of rotatable bonds is 4. The summed E-state index contributed by atoms with van der Waals surface area (Å²) in [5.74, 6) is 0. The molecule has 11 aromatic rings. The molecule has 1 aliphatic rings. The van der Waals surface area contributed by atoms with Gasteiger partial charge in [0.1, 0.15) is 11.2 Å². The lowest BCUT2D eigenvalue weighted by molar-refractivity contribution is 0.634. The van der Waals surface area contributed by atoms with E-state index in [1.54, 1.807) is 0 Å². The number of hydrogen-bond acceptors (Lipinski definition) is 3. The van der Waals surface area contributed by atoms with Gasteiger partial charge in [0.25, 0.3) is 0 Å². The van der Waals surface area contributed by atoms with Crippen molar-refractivity contribution < 1.29 is 8.83 Å². The van der Waals surface area contributed by atoms with Crippen molar-refractivity contribution in [3.63, 3.8) is 0 Å². The highest BCUT2D eigenvalue weighted by Gasteiger charge is 2.35. The van der Waals surface area contributed by atoms with Gasteiger partial charge < -0.3 is 13.7 Å². The summed E-state index contributed by atoms with van der Waals surface area (Å²) < 4.78 is 13.2. The normalized spacial score (nSPS) is 13.3. The molecular formula is C53H35NO2. The van der Waals surface area contributed by atoms with Gasteiger partial charge in [-0.05, 0) is 128 Å². The van der Waals surface area contributed by atoms with Gasteiger partial charge in [0.05, 0.1) is 0 Å². The summed E-state index contributed by atoms with van der Waals surface area (Å²) in [6, 6.07) is 63.7. The van der Waals surface area contributed by atoms with Crippen LogP contribution in [-0.2, 0) is 5.41 Å². The van der Waals surface area contributed by atoms with Crippen molar-refractivity contribution in [2.24, 2.45) is 0 Å². The SMILES string of the molecule is CC1(C)c2ccccc2-c2ccc(N(c3ccc(-c4ccccc4)cc3)c3ccc4cc5oc6c(ccc7c8cc9ccccc9cc8oc76)c5cc4c3)cc21. The highest BCUT2D eigenvalue weighted by Crippen LogP contribution is 2.51. The fourth-order valence-electron chi connectivity index (χ4n) is 9.33. The Balaban J connectivity index is 1.02. The molecule has 0 saturated heterocycles. The molecular weight excluding hydrogens is 683 g/mol. The molecule has 0 radical (unpaired) electrons. The maximum absolute atomic E-state index is 6.65. The minimum atomic E-state index is -0.110. The van der Waals surface area contributed by atoms with Gasteiger partial charge in [0.2, 0.25) is 0 Å². The Hall–Kier alpha value is -7.10. The summed E-state index contributed by atoms with van der Waals surface area (Å²) in [4.78, 5) is 2.40. The molecule has 0 saturated carbocycles. The second-order valence-electron chi connectivity index (χ2n) is 15.7. The number of benzene rings is 9. The summed E-state index contributed by atoms with van der Waals surface area (Å²) in [6.07, 6.45) is 0. The molecule has 0 fully saturated rings. The number of hydrogen-bond donors (Lipinski definition) is 0. The number of nitrogens with zero attached hydrogens (tertiary/aromatic N) is 1. The van der Waals surface area contributed by atoms with Crippen molar-refractivity contribution in [1.29, 1.82) is 0 Å². The molecule has 0 bridgehead atoms. The predicted molar refractivity (Wildman–Crippen MR) is 234 cm³/mol. The maximum atomic E-state index is 6.65. The van der Waals surface area contributed by atoms with E-state index in [9.17, 15) is 0 Å². The molecule has 0 N–H and O–H groups in total. The molecule has 0 spiro atoms. The zero-order valence-electron chi connectivity index (χ0n) is 31.0. The predicted octanol–water partition coefficient (Wildman–Crippen LogP) is 15.2. The Morgan fingerprint density at radius 3 is 1.64 bits per heavy atom. The second kappa shape index (κ2) is 11.5. The first-order valence-electron chi connectivity index (χ1n) is 19.3. The van der Waals surface area contributed by atoms with E-state index in [0.717, 1.165) is 77.1 Å². The molecule has 1 aliphatic carbocycles. The lowest BCUT2D eigenvalue weighted by atomic mass is 9.82. The molecule has 0 unspecified atom stereocenters. The Labute approximate surface area is 323 Å². The van der Waals surface area contributed by atoms with Crippen LogP contribution in [0.25, 0.3) is 87.7 Å². The highest BCUT2D eigenvalue weighted by atomic mass is 16.4. The molecule has 3 nitrogen and oxygen atoms in total. The number of anilines is 3. The van der Waals surface area contributed by atoms with Crippen LogP contribution in [0.2, 0.25) is 0 Å². The summed E-state index contributed by atoms with van der Waals surface area (Å²) in [6.45, 7) is 4.69. The first kappa shape index (κ1) is 31.3. The molecule has 12 rings (SSSR count). The smallest absolute Gasteiger partial charge is 0.178 e. The van der Waals surface area contributed by atoms with Gasteiger partial charge in [0.15, 0.2) is 11.2 Å². The Morgan fingerprint density at radius 1 is 0.375 bits per heavy atom. The van der Waals surface area contributed by atoms with E-state index in [1.165, 1.54) is 38.8 Å². The van der Waals surface area contributed by atoms with Gasteiger partial charge in [-0.2, -0.15) is 0 Å². The Bertz CT molecular complexity index is 3380. The van der Waals surface area contributed by atoms with Crippen LogP contribution in [0.3, 0.4) is 0 Å². The molecule has 0 amide bonds. The largest absolute Gasteiger partial charge is 0.452 e. The zero-order valence-corrected chi connectivity index (χ0v) is 31.0. The van der Waals surface area contributed by atoms with Crippen molar-refractivity contribution in [3.8, 4) is 22.3 Å². The topological polar surface area (TPSA) is 29.5 Å². The third kappa shape index (κ3) is 4.52. The van der Waals surface area contributed by atoms with E-state index >= 15 is 0 Å². The molecule has 0 atom stereocenters. The molecule has 3 heteroatoms. The van der Waals surface area contributed by atoms with E-state index in [1.807, 2.05) is 0 Å². The van der Waals surface area contributed by atoms with E-state index in [4.69, 9.17) is 8.83 Å². The summed E-state index contributed by atoms with van der Waals surface area (Å²) in [5.41, 5.74) is 14.3. The van der Waals surface area contributed by atoms with Gasteiger partial charge in [0, 0.05) is 44.0 Å². The minimum Gasteiger partial charge on any atom is -0.452 e. The third-order valence-corrected chi connectivity index (χ3v) is 12.2. The van der Waals surface area contributed by atoms with Gasteiger partial charge in [-0.25, -0.2) is 0 Å². The molecule has 56 heavy (non-hydrogen) atoms. The van der Waals surface area contributed by atoms with Crippen molar-refractivity contribution in [2.75, 3.05) is 4.90 Å². The quantitative estimate of drug-likeness (QED) is 0.182. The number of furan rings is 2. The average Bonchev–Trinajstić information content (AvgIpc) is 3.86. The highest BCUT2D eigenvalue weighted by molar-refractivity contribution is 6.21. The average molecular weight is 718 g/mol. The van der Waals surface area contributed by atoms with Gasteiger partial charge in [-0.3, -0.25) is 0 Å². The fraction of sp³-hybridized carbons (Fsp3) is 0.0566. The van der Waals surface area contributed by atoms with Crippen LogP contribution in [0, 0.1) is 0 Å². The second-order valence-corrected chi connectivity index (χ2v) is 15.7. The van der Waals surface area contributed by atoms with E-state index in [0.29, 0.717) is 0 Å². The Kier molecular flexibility index (Phi) is 6.40. The third-order valence-electron chi connectivity index (χ3n) is 12.2. The van der Waals surface area contributed by atoms with Crippen LogP contribution < -0.4 is 4.90 Å². The van der Waals surface area contributed by atoms with Crippen LogP contribution >= 0.6 is 0 Å². The fourth-order valence-corrected chi connectivity index (χ4v) is 9.33. The van der Waals surface area contributed by atoms with Crippen LogP contribution in [0.4, 0.5) is 17.1 Å². The Morgan fingerprint density at radius 2 is 0.911 bits per heavy atom. The van der Waals surface area contributed by atoms with Gasteiger partial charge in [-0.1, -0.05) is 117 Å². The molecule has 0 aliphatic heterocycles. The lowest BCUT2D eigenvalue weighted by Gasteiger charge is -2.28. The van der Waals surface area contributed by atoms with E-state index in [-0.39, 0.29) is 5.41 Å². The van der Waals surface area contributed by atoms with E-state index < -0.39 is 0 Å².